The molecule has 0 aliphatic heterocycles. The van der Waals surface area contributed by atoms with Gasteiger partial charge in [0.05, 0.1) is 19.8 Å². The molecule has 0 unspecified atom stereocenters. The van der Waals surface area contributed by atoms with E-state index in [1.54, 1.807) is 14.2 Å². The number of hydrogen-bond donors (Lipinski definition) is 2. The van der Waals surface area contributed by atoms with Crippen molar-refractivity contribution in [1.82, 2.24) is 5.32 Å². The van der Waals surface area contributed by atoms with Crippen molar-refractivity contribution in [3.8, 4) is 23.0 Å². The van der Waals surface area contributed by atoms with Crippen LogP contribution in [0, 0.1) is 6.92 Å². The van der Waals surface area contributed by atoms with Gasteiger partial charge in [0.15, 0.2) is 0 Å². The van der Waals surface area contributed by atoms with Crippen LogP contribution in [0.4, 0.5) is 11.4 Å². The monoisotopic (exact) mass is 468 g/mol. The Balaban J connectivity index is 1.39. The first-order valence-corrected chi connectivity index (χ1v) is 11.8. The maximum absolute atomic E-state index is 6.11. The third-order valence-electron chi connectivity index (χ3n) is 5.75. The average Bonchev–Trinajstić information content (AvgIpc) is 2.89. The van der Waals surface area contributed by atoms with Gasteiger partial charge in [-0.3, -0.25) is 0 Å². The summed E-state index contributed by atoms with van der Waals surface area (Å²) in [7, 11) is 3.33. The van der Waals surface area contributed by atoms with Crippen LogP contribution in [0.15, 0.2) is 91.0 Å². The van der Waals surface area contributed by atoms with Gasteiger partial charge in [-0.2, -0.15) is 0 Å². The lowest BCUT2D eigenvalue weighted by molar-refractivity contribution is 0.375. The summed E-state index contributed by atoms with van der Waals surface area (Å²) in [5.41, 5.74) is 5.59. The first-order chi connectivity index (χ1) is 17.1. The molecule has 0 saturated heterocycles. The van der Waals surface area contributed by atoms with Crippen molar-refractivity contribution in [3.05, 3.63) is 108 Å². The Labute approximate surface area is 207 Å². The van der Waals surface area contributed by atoms with Gasteiger partial charge in [-0.05, 0) is 61.9 Å². The number of ether oxygens (including phenoxy) is 3. The van der Waals surface area contributed by atoms with Gasteiger partial charge in [-0.25, -0.2) is 0 Å². The Hall–Kier alpha value is -3.96. The molecule has 0 saturated carbocycles. The summed E-state index contributed by atoms with van der Waals surface area (Å²) in [6, 6.07) is 30.4. The zero-order valence-electron chi connectivity index (χ0n) is 20.5. The third-order valence-corrected chi connectivity index (χ3v) is 5.75. The van der Waals surface area contributed by atoms with Crippen LogP contribution in [0.1, 0.15) is 16.7 Å². The maximum Gasteiger partial charge on any atom is 0.134 e. The molecule has 2 N–H and O–H groups in total. The fourth-order valence-electron chi connectivity index (χ4n) is 3.82. The van der Waals surface area contributed by atoms with Gasteiger partial charge < -0.3 is 24.8 Å². The number of anilines is 2. The summed E-state index contributed by atoms with van der Waals surface area (Å²) in [5, 5.41) is 6.88. The van der Waals surface area contributed by atoms with E-state index in [9.17, 15) is 0 Å². The van der Waals surface area contributed by atoms with Crippen molar-refractivity contribution in [2.45, 2.75) is 19.9 Å². The van der Waals surface area contributed by atoms with Gasteiger partial charge >= 0.3 is 0 Å². The number of benzene rings is 4. The molecule has 0 heterocycles. The Bertz CT molecular complexity index is 1180. The third kappa shape index (κ3) is 6.78. The van der Waals surface area contributed by atoms with Gasteiger partial charge in [-0.1, -0.05) is 48.0 Å². The van der Waals surface area contributed by atoms with Crippen LogP contribution in [0.3, 0.4) is 0 Å². The van der Waals surface area contributed by atoms with Gasteiger partial charge in [0, 0.05) is 30.1 Å². The molecule has 0 aliphatic rings. The molecule has 0 spiro atoms. The van der Waals surface area contributed by atoms with E-state index in [0.717, 1.165) is 47.2 Å². The van der Waals surface area contributed by atoms with E-state index < -0.39 is 0 Å². The predicted molar refractivity (Wildman–Crippen MR) is 142 cm³/mol. The second-order valence-corrected chi connectivity index (χ2v) is 8.34. The number of hydrogen-bond acceptors (Lipinski definition) is 5. The van der Waals surface area contributed by atoms with Crippen LogP contribution in [-0.4, -0.2) is 20.8 Å². The van der Waals surface area contributed by atoms with Crippen molar-refractivity contribution in [2.24, 2.45) is 0 Å². The number of rotatable bonds is 11. The molecule has 0 atom stereocenters. The van der Waals surface area contributed by atoms with Crippen molar-refractivity contribution in [3.63, 3.8) is 0 Å². The number of nitrogens with one attached hydrogen (secondary N) is 2. The fraction of sp³-hybridized carbons (Fsp3) is 0.200. The number of methoxy groups -OCH3 is 2. The molecular formula is C30H32N2O3. The molecule has 0 bridgehead atoms. The summed E-state index contributed by atoms with van der Waals surface area (Å²) >= 11 is 0. The van der Waals surface area contributed by atoms with E-state index in [2.05, 4.69) is 41.8 Å². The van der Waals surface area contributed by atoms with E-state index in [4.69, 9.17) is 14.2 Å². The molecule has 35 heavy (non-hydrogen) atoms. The van der Waals surface area contributed by atoms with E-state index in [1.807, 2.05) is 66.7 Å². The molecule has 0 fully saturated rings. The SMILES string of the molecule is COc1cc(Oc2ccc(Nc3ccccc3)cc2)cc(OC)c1CNCCc1ccc(C)cc1. The highest BCUT2D eigenvalue weighted by molar-refractivity contribution is 5.60. The lowest BCUT2D eigenvalue weighted by Gasteiger charge is -2.16. The van der Waals surface area contributed by atoms with Gasteiger partial charge in [0.25, 0.3) is 0 Å². The summed E-state index contributed by atoms with van der Waals surface area (Å²) in [4.78, 5) is 0. The number of para-hydroxylation sites is 1. The van der Waals surface area contributed by atoms with Crippen LogP contribution >= 0.6 is 0 Å². The molecule has 4 aromatic carbocycles. The summed E-state index contributed by atoms with van der Waals surface area (Å²) in [6.45, 7) is 3.60. The zero-order valence-corrected chi connectivity index (χ0v) is 20.5. The Morgan fingerprint density at radius 3 is 1.94 bits per heavy atom. The Morgan fingerprint density at radius 2 is 1.31 bits per heavy atom. The van der Waals surface area contributed by atoms with E-state index in [1.165, 1.54) is 11.1 Å². The van der Waals surface area contributed by atoms with Crippen LogP contribution in [0.25, 0.3) is 0 Å². The van der Waals surface area contributed by atoms with Crippen molar-refractivity contribution in [2.75, 3.05) is 26.1 Å². The molecule has 5 heteroatoms. The van der Waals surface area contributed by atoms with Crippen LogP contribution in [0.2, 0.25) is 0 Å². The fourth-order valence-corrected chi connectivity index (χ4v) is 3.82. The van der Waals surface area contributed by atoms with E-state index in [-0.39, 0.29) is 0 Å². The van der Waals surface area contributed by atoms with Crippen molar-refractivity contribution < 1.29 is 14.2 Å². The quantitative estimate of drug-likeness (QED) is 0.235. The lowest BCUT2D eigenvalue weighted by atomic mass is 10.1. The van der Waals surface area contributed by atoms with Crippen molar-refractivity contribution in [1.29, 1.82) is 0 Å². The predicted octanol–water partition coefficient (Wildman–Crippen LogP) is 6.88. The van der Waals surface area contributed by atoms with Crippen LogP contribution in [0.5, 0.6) is 23.0 Å². The minimum atomic E-state index is 0.637. The number of aryl methyl sites for hydroxylation is 1. The molecular weight excluding hydrogens is 436 g/mol. The molecule has 0 aromatic heterocycles. The first kappa shape index (κ1) is 24.2. The molecule has 0 aliphatic carbocycles. The Kier molecular flexibility index (Phi) is 8.25. The molecule has 180 valence electrons. The standard InChI is InChI=1S/C30H32N2O3/c1-22-9-11-23(12-10-22)17-18-31-21-28-29(33-2)19-27(20-30(28)34-3)35-26-15-13-25(14-16-26)32-24-7-5-4-6-8-24/h4-16,19-20,31-32H,17-18,21H2,1-3H3. The molecule has 0 radical (unpaired) electrons. The zero-order chi connectivity index (χ0) is 24.5. The van der Waals surface area contributed by atoms with Crippen LogP contribution < -0.4 is 24.8 Å². The second-order valence-electron chi connectivity index (χ2n) is 8.34. The normalized spacial score (nSPS) is 10.6. The molecule has 0 amide bonds. The summed E-state index contributed by atoms with van der Waals surface area (Å²) in [6.07, 6.45) is 0.960. The molecule has 4 rings (SSSR count). The first-order valence-electron chi connectivity index (χ1n) is 11.8. The average molecular weight is 469 g/mol. The lowest BCUT2D eigenvalue weighted by Crippen LogP contribution is -2.17. The van der Waals surface area contributed by atoms with Gasteiger partial charge in [0.2, 0.25) is 0 Å². The maximum atomic E-state index is 6.11. The largest absolute Gasteiger partial charge is 0.496 e. The summed E-state index contributed by atoms with van der Waals surface area (Å²) in [5.74, 6) is 2.84. The van der Waals surface area contributed by atoms with Gasteiger partial charge in [0.1, 0.15) is 23.0 Å². The molecule has 4 aromatic rings. The topological polar surface area (TPSA) is 51.8 Å². The smallest absolute Gasteiger partial charge is 0.134 e. The summed E-state index contributed by atoms with van der Waals surface area (Å²) < 4.78 is 17.4. The second kappa shape index (κ2) is 12.0. The minimum Gasteiger partial charge on any atom is -0.496 e. The van der Waals surface area contributed by atoms with E-state index in [0.29, 0.717) is 12.3 Å². The molecule has 5 nitrogen and oxygen atoms in total. The van der Waals surface area contributed by atoms with Gasteiger partial charge in [-0.15, -0.1) is 0 Å². The van der Waals surface area contributed by atoms with E-state index >= 15 is 0 Å². The van der Waals surface area contributed by atoms with Crippen molar-refractivity contribution >= 4 is 11.4 Å². The minimum absolute atomic E-state index is 0.637. The highest BCUT2D eigenvalue weighted by Gasteiger charge is 2.14. The Morgan fingerprint density at radius 1 is 0.686 bits per heavy atom. The highest BCUT2D eigenvalue weighted by Crippen LogP contribution is 2.36. The van der Waals surface area contributed by atoms with Crippen LogP contribution in [-0.2, 0) is 13.0 Å². The highest BCUT2D eigenvalue weighted by atomic mass is 16.5.